The molecule has 0 unspecified atom stereocenters. The van der Waals surface area contributed by atoms with Crippen LogP contribution in [0.2, 0.25) is 0 Å². The maximum absolute atomic E-state index is 11.9. The summed E-state index contributed by atoms with van der Waals surface area (Å²) in [6.07, 6.45) is 1.73. The third-order valence-corrected chi connectivity index (χ3v) is 6.17. The van der Waals surface area contributed by atoms with Gasteiger partial charge in [0.15, 0.2) is 0 Å². The normalized spacial score (nSPS) is 11.2. The van der Waals surface area contributed by atoms with Crippen LogP contribution in [0.1, 0.15) is 26.5 Å². The minimum absolute atomic E-state index is 0.468. The highest BCUT2D eigenvalue weighted by Gasteiger charge is 2.17. The van der Waals surface area contributed by atoms with Crippen molar-refractivity contribution in [3.63, 3.8) is 0 Å². The van der Waals surface area contributed by atoms with E-state index in [1.54, 1.807) is 13.3 Å². The number of amides is 1. The maximum Gasteiger partial charge on any atom is 0.252 e. The quantitative estimate of drug-likeness (QED) is 0.433. The topological polar surface area (TPSA) is 82.5 Å². The molecule has 2 heterocycles. The fourth-order valence-electron chi connectivity index (χ4n) is 3.28. The van der Waals surface area contributed by atoms with Gasteiger partial charge in [0.05, 0.1) is 36.0 Å². The number of nitrogens with two attached hydrogens (primary N) is 1. The molecule has 4 aromatic rings. The van der Waals surface area contributed by atoms with Crippen LogP contribution >= 0.6 is 11.3 Å². The van der Waals surface area contributed by atoms with Gasteiger partial charge in [0.25, 0.3) is 5.91 Å². The molecule has 0 aliphatic carbocycles. The van der Waals surface area contributed by atoms with E-state index in [0.29, 0.717) is 10.6 Å². The van der Waals surface area contributed by atoms with Gasteiger partial charge in [-0.1, -0.05) is 18.2 Å². The number of aryl methyl sites for hydroxylation is 1. The van der Waals surface area contributed by atoms with Crippen molar-refractivity contribution in [2.24, 2.45) is 10.7 Å². The molecule has 0 aliphatic heterocycles. The summed E-state index contributed by atoms with van der Waals surface area (Å²) in [5, 5.41) is 5.40. The maximum atomic E-state index is 11.9. The fourth-order valence-corrected chi connectivity index (χ4v) is 4.29. The van der Waals surface area contributed by atoms with Crippen molar-refractivity contribution in [1.29, 1.82) is 0 Å². The number of ether oxygens (including phenoxy) is 1. The van der Waals surface area contributed by atoms with Gasteiger partial charge in [-0.3, -0.25) is 4.79 Å². The fraction of sp³-hybridized carbons (Fsp3) is 0.125. The zero-order valence-corrected chi connectivity index (χ0v) is 18.3. The molecular weight excluding hydrogens is 408 g/mol. The van der Waals surface area contributed by atoms with Crippen molar-refractivity contribution >= 4 is 28.5 Å². The lowest BCUT2D eigenvalue weighted by Crippen LogP contribution is -2.11. The third kappa shape index (κ3) is 4.13. The van der Waals surface area contributed by atoms with Gasteiger partial charge in [-0.25, -0.2) is 9.67 Å². The summed E-state index contributed by atoms with van der Waals surface area (Å²) in [6, 6.07) is 19.6. The molecule has 4 rings (SSSR count). The Balaban J connectivity index is 1.79. The number of nitrogens with zero attached hydrogens (tertiary/aromatic N) is 3. The molecule has 2 aromatic heterocycles. The lowest BCUT2D eigenvalue weighted by Gasteiger charge is -2.04. The van der Waals surface area contributed by atoms with Crippen LogP contribution in [0.15, 0.2) is 65.7 Å². The van der Waals surface area contributed by atoms with Crippen molar-refractivity contribution < 1.29 is 9.53 Å². The molecule has 7 heteroatoms. The minimum Gasteiger partial charge on any atom is -0.497 e. The molecule has 0 radical (unpaired) electrons. The summed E-state index contributed by atoms with van der Waals surface area (Å²) in [5.41, 5.74) is 10.4. The molecular formula is C24H22N4O2S. The minimum atomic E-state index is -0.468. The number of hydrogen-bond donors (Lipinski definition) is 1. The second-order valence-electron chi connectivity index (χ2n) is 7.02. The van der Waals surface area contributed by atoms with E-state index >= 15 is 0 Å². The van der Waals surface area contributed by atoms with Crippen molar-refractivity contribution in [2.75, 3.05) is 7.11 Å². The summed E-state index contributed by atoms with van der Waals surface area (Å²) < 4.78 is 7.08. The van der Waals surface area contributed by atoms with Gasteiger partial charge in [-0.2, -0.15) is 5.10 Å². The predicted molar refractivity (Wildman–Crippen MR) is 125 cm³/mol. The Morgan fingerprint density at radius 1 is 1.13 bits per heavy atom. The average molecular weight is 431 g/mol. The van der Waals surface area contributed by atoms with E-state index in [-0.39, 0.29) is 0 Å². The molecule has 0 saturated heterocycles. The molecule has 0 atom stereocenters. The number of rotatable bonds is 6. The van der Waals surface area contributed by atoms with E-state index in [1.807, 2.05) is 79.2 Å². The summed E-state index contributed by atoms with van der Waals surface area (Å²) in [6.45, 7) is 3.85. The largest absolute Gasteiger partial charge is 0.497 e. The Bertz CT molecular complexity index is 1250. The lowest BCUT2D eigenvalue weighted by molar-refractivity contribution is 0.100. The highest BCUT2D eigenvalue weighted by Crippen LogP contribution is 2.34. The molecule has 31 heavy (non-hydrogen) atoms. The number of carbonyl (C=O) groups excluding carboxylic acids is 1. The molecule has 156 valence electrons. The number of para-hydroxylation sites is 1. The predicted octanol–water partition coefficient (Wildman–Crippen LogP) is 5.08. The van der Waals surface area contributed by atoms with Crippen LogP contribution in [0.4, 0.5) is 5.00 Å². The zero-order chi connectivity index (χ0) is 22.0. The molecule has 0 bridgehead atoms. The van der Waals surface area contributed by atoms with Gasteiger partial charge in [-0.05, 0) is 61.9 Å². The molecule has 2 aromatic carbocycles. The highest BCUT2D eigenvalue weighted by atomic mass is 32.1. The Labute approximate surface area is 184 Å². The first-order chi connectivity index (χ1) is 15.0. The summed E-state index contributed by atoms with van der Waals surface area (Å²) in [5.74, 6) is 0.319. The highest BCUT2D eigenvalue weighted by molar-refractivity contribution is 7.16. The number of methoxy groups -OCH3 is 1. The molecule has 2 N–H and O–H groups in total. The first-order valence-corrected chi connectivity index (χ1v) is 10.5. The van der Waals surface area contributed by atoms with Crippen molar-refractivity contribution in [1.82, 2.24) is 9.78 Å². The number of aromatic nitrogens is 2. The molecule has 0 saturated carbocycles. The Morgan fingerprint density at radius 2 is 1.84 bits per heavy atom. The van der Waals surface area contributed by atoms with Crippen molar-refractivity contribution in [2.45, 2.75) is 13.8 Å². The van der Waals surface area contributed by atoms with Gasteiger partial charge >= 0.3 is 0 Å². The molecule has 0 spiro atoms. The molecule has 0 fully saturated rings. The Morgan fingerprint density at radius 3 is 2.48 bits per heavy atom. The van der Waals surface area contributed by atoms with Crippen LogP contribution < -0.4 is 10.5 Å². The van der Waals surface area contributed by atoms with Crippen molar-refractivity contribution in [3.8, 4) is 22.7 Å². The van der Waals surface area contributed by atoms with E-state index in [9.17, 15) is 4.79 Å². The smallest absolute Gasteiger partial charge is 0.252 e. The Kier molecular flexibility index (Phi) is 5.68. The molecule has 1 amide bonds. The average Bonchev–Trinajstić information content (AvgIpc) is 3.34. The summed E-state index contributed by atoms with van der Waals surface area (Å²) >= 11 is 1.46. The number of carbonyl (C=O) groups is 1. The molecule has 0 aliphatic rings. The standard InChI is InChI=1S/C24H22N4O2S/c1-15-16(2)31-24(22(15)23(25)29)26-14-19-13-21(17-9-11-20(30-3)12-10-17)27-28(19)18-7-5-4-6-8-18/h4-14H,1-3H3,(H2,25,29)/b26-14+. The van der Waals surface area contributed by atoms with Crippen molar-refractivity contribution in [3.05, 3.63) is 82.4 Å². The van der Waals surface area contributed by atoms with Gasteiger partial charge in [-0.15, -0.1) is 11.3 Å². The van der Waals surface area contributed by atoms with Crippen LogP contribution in [0, 0.1) is 13.8 Å². The van der Waals surface area contributed by atoms with Crippen LogP contribution in [0.25, 0.3) is 16.9 Å². The third-order valence-electron chi connectivity index (χ3n) is 5.05. The van der Waals surface area contributed by atoms with Gasteiger partial charge in [0.2, 0.25) is 0 Å². The van der Waals surface area contributed by atoms with E-state index in [4.69, 9.17) is 15.6 Å². The first-order valence-electron chi connectivity index (χ1n) is 9.71. The second kappa shape index (κ2) is 8.57. The van der Waals surface area contributed by atoms with E-state index in [0.717, 1.165) is 38.8 Å². The van der Waals surface area contributed by atoms with Crippen LogP contribution in [-0.2, 0) is 0 Å². The summed E-state index contributed by atoms with van der Waals surface area (Å²) in [7, 11) is 1.64. The number of hydrogen-bond acceptors (Lipinski definition) is 5. The Hall–Kier alpha value is -3.71. The van der Waals surface area contributed by atoms with E-state index < -0.39 is 5.91 Å². The van der Waals surface area contributed by atoms with Gasteiger partial charge in [0.1, 0.15) is 10.8 Å². The first kappa shape index (κ1) is 20.6. The summed E-state index contributed by atoms with van der Waals surface area (Å²) in [4.78, 5) is 17.6. The van der Waals surface area contributed by atoms with E-state index in [2.05, 4.69) is 4.99 Å². The van der Waals surface area contributed by atoms with Crippen LogP contribution in [0.3, 0.4) is 0 Å². The zero-order valence-electron chi connectivity index (χ0n) is 17.5. The number of benzene rings is 2. The van der Waals surface area contributed by atoms with Gasteiger partial charge in [0, 0.05) is 10.4 Å². The lowest BCUT2D eigenvalue weighted by atomic mass is 10.1. The SMILES string of the molecule is COc1ccc(-c2cc(/C=N/c3sc(C)c(C)c3C(N)=O)n(-c3ccccc3)n2)cc1. The number of primary amides is 1. The van der Waals surface area contributed by atoms with Gasteiger partial charge < -0.3 is 10.5 Å². The monoisotopic (exact) mass is 430 g/mol. The number of thiophene rings is 1. The second-order valence-corrected chi connectivity index (χ2v) is 8.22. The number of aliphatic imine (C=N–C) groups is 1. The van der Waals surface area contributed by atoms with Crippen LogP contribution in [-0.4, -0.2) is 29.0 Å². The molecule has 6 nitrogen and oxygen atoms in total. The van der Waals surface area contributed by atoms with Crippen LogP contribution in [0.5, 0.6) is 5.75 Å². The van der Waals surface area contributed by atoms with E-state index in [1.165, 1.54) is 11.3 Å².